The van der Waals surface area contributed by atoms with Crippen molar-refractivity contribution in [2.24, 2.45) is 10.6 Å². The second kappa shape index (κ2) is 18.8. The van der Waals surface area contributed by atoms with Gasteiger partial charge in [-0.2, -0.15) is 0 Å². The first-order valence-electron chi connectivity index (χ1n) is 43.1. The van der Waals surface area contributed by atoms with Crippen LogP contribution in [0.1, 0.15) is 55.4 Å². The van der Waals surface area contributed by atoms with E-state index in [0.717, 1.165) is 13.1 Å². The van der Waals surface area contributed by atoms with Crippen molar-refractivity contribution in [2.75, 3.05) is 46.2 Å². The van der Waals surface area contributed by atoms with E-state index in [9.17, 15) is 71.2 Å². The Morgan fingerprint density at radius 3 is 1.10 bits per heavy atom. The minimum Gasteiger partial charge on any atom is -0.465 e. The fraction of sp³-hybridized carbons (Fsp3) is 0.354. The van der Waals surface area contributed by atoms with Crippen LogP contribution in [0.25, 0.3) is 291 Å². The van der Waals surface area contributed by atoms with Crippen molar-refractivity contribution < 1.29 is 119 Å². The zero-order valence-electron chi connectivity index (χ0n) is 64.4. The standard InChI is InChI=1S/C96H61N3O24/c1-3-116-93(115)96(92(114)97-7-5-4-6-8-117-98-9-15(105)79(107)86(16(106)10-100)121-91-85(113)88(82(110)19(13-103)120-91)123-89-78(99-14(2)104)87(81(109)18(12-102)118-89)122-90-84(112)83(111)80(108)17(11-101)119-90)94-74-66-58-48-38-30-22-20-21-24-28-26(22)34-42-36(28)46-40-32(24)33-25(21)29-27-23(20)31(30)39-45-35(27)43-37(29)47-41(33)51-50(40)60-54(46)64-56(42)62(52(58)44(34)38)70(74)72(64)76-68(60)69-61(51)55(47)65-57(43)63-53(45)59(49(39)48)67(66)75(94)71(63)73(65)77(69)95(76,94)96/h9,15-19,78-91,100-103,105-113H,3-8,10-13H2,1-2H3,(H,97,114)(H,99,104)/b98-9+/t15-,16+,17+,18+,19+,78+,79+,80-,81+,82-,83-,84+,85+,86+,87+,88-,89-,90-,91-,94?,95?,96?/m0/s1. The average Bonchev–Trinajstić information content (AvgIpc) is 1.35. The van der Waals surface area contributed by atoms with Gasteiger partial charge < -0.3 is 115 Å². The number of esters is 1. The van der Waals surface area contributed by atoms with Gasteiger partial charge in [-0.3, -0.25) is 14.4 Å². The third-order valence-corrected chi connectivity index (χ3v) is 34.8. The summed E-state index contributed by atoms with van der Waals surface area (Å²) in [5, 5.41) is 227. The number of rotatable bonds is 25. The molecule has 28 aromatic rings. The molecule has 27 nitrogen and oxygen atoms in total. The van der Waals surface area contributed by atoms with Crippen LogP contribution in [0, 0.1) is 5.41 Å². The molecule has 0 radical (unpaired) electrons. The summed E-state index contributed by atoms with van der Waals surface area (Å²) in [7, 11) is 0. The van der Waals surface area contributed by atoms with Gasteiger partial charge in [0.1, 0.15) is 104 Å². The van der Waals surface area contributed by atoms with Crippen LogP contribution in [0.5, 0.6) is 0 Å². The van der Waals surface area contributed by atoms with Gasteiger partial charge in [-0.25, -0.2) is 0 Å². The molecule has 27 heteroatoms. The summed E-state index contributed by atoms with van der Waals surface area (Å²) in [6.07, 6.45) is -32.4. The number of aliphatic hydroxyl groups excluding tert-OH is 13. The Hall–Kier alpha value is -10.4. The van der Waals surface area contributed by atoms with Crippen LogP contribution in [0.2, 0.25) is 0 Å². The summed E-state index contributed by atoms with van der Waals surface area (Å²) in [4.78, 5) is 53.5. The Bertz CT molecular complexity index is 8560. The van der Waals surface area contributed by atoms with E-state index in [2.05, 4.69) is 15.8 Å². The summed E-state index contributed by atoms with van der Waals surface area (Å²) >= 11 is 0. The smallest absolute Gasteiger partial charge is 0.324 e. The Labute approximate surface area is 680 Å². The molecule has 4 fully saturated rings. The minimum atomic E-state index is -2.20. The van der Waals surface area contributed by atoms with Gasteiger partial charge in [0.2, 0.25) is 11.8 Å². The molecule has 19 atom stereocenters. The monoisotopic (exact) mass is 1640 g/mol. The highest BCUT2D eigenvalue weighted by Gasteiger charge is 3.01. The van der Waals surface area contributed by atoms with E-state index in [1.807, 2.05) is 6.92 Å². The molecule has 2 spiro atoms. The molecule has 36 rings (SSSR count). The van der Waals surface area contributed by atoms with Crippen LogP contribution in [0.4, 0.5) is 0 Å². The first-order valence-corrected chi connectivity index (χ1v) is 43.1. The van der Waals surface area contributed by atoms with Crippen molar-refractivity contribution >= 4 is 315 Å². The number of nitrogens with one attached hydrogen (secondary N) is 2. The maximum Gasteiger partial charge on any atom is 0.324 e. The predicted molar refractivity (Wildman–Crippen MR) is 455 cm³/mol. The minimum absolute atomic E-state index is 0.0100. The number of carbonyl (C=O) groups is 3. The fourth-order valence-corrected chi connectivity index (χ4v) is 32.0. The van der Waals surface area contributed by atoms with Gasteiger partial charge >= 0.3 is 5.97 Å². The third kappa shape index (κ3) is 5.33. The van der Waals surface area contributed by atoms with Gasteiger partial charge in [-0.15, -0.1) is 0 Å². The first kappa shape index (κ1) is 65.2. The van der Waals surface area contributed by atoms with Gasteiger partial charge in [0.25, 0.3) is 0 Å². The predicted octanol–water partition coefficient (Wildman–Crippen LogP) is 7.20. The largest absolute Gasteiger partial charge is 0.465 e. The van der Waals surface area contributed by atoms with Gasteiger partial charge in [-0.05, 0) is 339 Å². The zero-order valence-corrected chi connectivity index (χ0v) is 64.4. The lowest BCUT2D eigenvalue weighted by atomic mass is 9.68. The van der Waals surface area contributed by atoms with Gasteiger partial charge in [-0.1, -0.05) is 5.16 Å². The number of benzene rings is 18. The summed E-state index contributed by atoms with van der Waals surface area (Å²) in [6.45, 7) is -0.705. The maximum atomic E-state index is 17.7. The molecule has 3 saturated heterocycles. The normalized spacial score (nSPS) is 31.3. The lowest BCUT2D eigenvalue weighted by Crippen LogP contribution is -2.70. The van der Waals surface area contributed by atoms with Crippen molar-refractivity contribution in [3.05, 3.63) is 22.3 Å². The molecule has 15 N–H and O–H groups in total. The highest BCUT2D eigenvalue weighted by Crippen LogP contribution is 2.96. The molecule has 123 heavy (non-hydrogen) atoms. The molecule has 0 unspecified atom stereocenters. The second-order valence-electron chi connectivity index (χ2n) is 38.5. The molecule has 5 aliphatic carbocycles. The molecule has 0 aromatic heterocycles. The van der Waals surface area contributed by atoms with Crippen molar-refractivity contribution in [3.8, 4) is 0 Å². The molecule has 3 heterocycles. The second-order valence-corrected chi connectivity index (χ2v) is 38.5. The van der Waals surface area contributed by atoms with E-state index in [4.69, 9.17) is 38.0 Å². The Morgan fingerprint density at radius 1 is 0.415 bits per heavy atom. The Balaban J connectivity index is 0.454. The number of hydrogen-bond acceptors (Lipinski definition) is 25. The number of oxime groups is 1. The van der Waals surface area contributed by atoms with Crippen LogP contribution >= 0.6 is 0 Å². The Morgan fingerprint density at radius 2 is 0.748 bits per heavy atom. The van der Waals surface area contributed by atoms with Gasteiger partial charge in [0.05, 0.1) is 50.1 Å². The van der Waals surface area contributed by atoms with Crippen LogP contribution in [-0.4, -0.2) is 253 Å². The summed E-state index contributed by atoms with van der Waals surface area (Å²) in [5.41, 5.74) is 0.441. The lowest BCUT2D eigenvalue weighted by Gasteiger charge is -2.49. The van der Waals surface area contributed by atoms with Crippen molar-refractivity contribution in [3.63, 3.8) is 0 Å². The lowest BCUT2D eigenvalue weighted by molar-refractivity contribution is -0.371. The maximum absolute atomic E-state index is 17.7. The van der Waals surface area contributed by atoms with E-state index in [1.54, 1.807) is 0 Å². The number of carbonyl (C=O) groups excluding carboxylic acids is 3. The summed E-state index contributed by atoms with van der Waals surface area (Å²) in [5.74, 6) is -1.61. The third-order valence-electron chi connectivity index (χ3n) is 34.8. The topological polar surface area (TPSA) is 424 Å². The molecule has 28 aromatic carbocycles. The first-order chi connectivity index (χ1) is 59.9. The highest BCUT2D eigenvalue weighted by atomic mass is 16.8. The summed E-state index contributed by atoms with van der Waals surface area (Å²) in [6, 6.07) is -1.69. The molecule has 604 valence electrons. The van der Waals surface area contributed by atoms with Gasteiger partial charge in [0, 0.05) is 13.5 Å². The van der Waals surface area contributed by atoms with E-state index < -0.39 is 171 Å². The number of nitrogens with zero attached hydrogens (tertiary/aromatic N) is 1. The van der Waals surface area contributed by atoms with Gasteiger partial charge in [0.15, 0.2) is 24.3 Å². The van der Waals surface area contributed by atoms with E-state index in [0.29, 0.717) is 19.3 Å². The molecule has 1 saturated carbocycles. The number of amides is 2. The average molecular weight is 1640 g/mol. The molecule has 0 bridgehead atoms. The molecule has 2 amide bonds. The molecule has 8 aliphatic rings. The quantitative estimate of drug-likeness (QED) is 0.00671. The summed E-state index contributed by atoms with van der Waals surface area (Å²) < 4.78 is 41.8. The molecular weight excluding hydrogens is 1580 g/mol. The number of unbranched alkanes of at least 4 members (excludes halogenated alkanes) is 2. The van der Waals surface area contributed by atoms with Crippen molar-refractivity contribution in [1.29, 1.82) is 0 Å². The van der Waals surface area contributed by atoms with Crippen molar-refractivity contribution in [1.82, 2.24) is 10.6 Å². The van der Waals surface area contributed by atoms with Crippen LogP contribution in [0.3, 0.4) is 0 Å². The number of hydrogen-bond donors (Lipinski definition) is 15. The van der Waals surface area contributed by atoms with Crippen LogP contribution < -0.4 is 10.6 Å². The number of ether oxygens (including phenoxy) is 7. The van der Waals surface area contributed by atoms with Crippen LogP contribution in [-0.2, 0) is 63.2 Å². The van der Waals surface area contributed by atoms with E-state index in [1.165, 1.54) is 313 Å². The van der Waals surface area contributed by atoms with Crippen molar-refractivity contribution in [2.45, 2.75) is 160 Å². The molecule has 3 aliphatic heterocycles. The van der Waals surface area contributed by atoms with E-state index in [-0.39, 0.29) is 25.7 Å². The molecular formula is C96H61N3O24. The SMILES string of the molecule is CCOC(=O)C1(C(=O)NCCCCCO/N=C/[C@H](O)[C@@H](O)[C@H](O[C@@H]2O[C@H](CO)[C@H](O)[C@H](O[C@@H]3O[C@H](CO)[C@@H](O)[C@H](O[C@@H]4O[C@H](CO)[C@H](O)[C@H](O)[C@H]4O)[C@H]3NC(C)=O)[C@H]2O)[C@H](O)CO)C23c4c5c6c7c8c9c(c%10c%11c2c2c4c4c%12c5c5c6c6c8c8c%13c9c9c%10c%10c%11c%11c2c2c4c4c%12c%12c5c5c6c8c6c8c%13c9c9c%10c%10c%11c2c2c4c4c%12c5c6c5c8c9c%10c2c45)C713. The Kier molecular flexibility index (Phi) is 9.96. The highest BCUT2D eigenvalue weighted by molar-refractivity contribution is 6.82. The fourth-order valence-electron chi connectivity index (χ4n) is 32.0. The van der Waals surface area contributed by atoms with E-state index >= 15 is 9.59 Å². The zero-order chi connectivity index (χ0) is 81.2. The number of aliphatic hydroxyl groups is 13. The van der Waals surface area contributed by atoms with Crippen LogP contribution in [0.15, 0.2) is 5.16 Å².